The van der Waals surface area contributed by atoms with Gasteiger partial charge in [-0.1, -0.05) is 6.07 Å². The number of aryl methyl sites for hydroxylation is 3. The number of imidazole rings is 2. The number of nitrogens with zero attached hydrogens (tertiary/aromatic N) is 9. The molecule has 0 bridgehead atoms. The summed E-state index contributed by atoms with van der Waals surface area (Å²) in [7, 11) is 0.243. The minimum absolute atomic E-state index is 0.201. The van der Waals surface area contributed by atoms with E-state index in [0.717, 1.165) is 85.0 Å². The average molecular weight is 838 g/mol. The van der Waals surface area contributed by atoms with Gasteiger partial charge in [0.2, 0.25) is 27.8 Å². The van der Waals surface area contributed by atoms with Crippen molar-refractivity contribution in [3.05, 3.63) is 76.7 Å². The van der Waals surface area contributed by atoms with Crippen molar-refractivity contribution in [1.29, 1.82) is 0 Å². The Hall–Kier alpha value is -5.39. The van der Waals surface area contributed by atoms with Gasteiger partial charge in [0.05, 0.1) is 39.2 Å². The first-order chi connectivity index (χ1) is 28.7. The summed E-state index contributed by atoms with van der Waals surface area (Å²) in [5, 5.41) is 5.67. The topological polar surface area (TPSA) is 173 Å². The number of aromatic nitrogens is 6. The van der Waals surface area contributed by atoms with Crippen molar-refractivity contribution in [3.8, 4) is 11.4 Å². The van der Waals surface area contributed by atoms with Crippen LogP contribution < -0.4 is 21.2 Å². The monoisotopic (exact) mass is 837 g/mol. The Morgan fingerprint density at radius 3 is 2.40 bits per heavy atom. The highest BCUT2D eigenvalue weighted by Gasteiger charge is 2.34. The number of benzene rings is 2. The molecule has 6 heterocycles. The zero-order valence-corrected chi connectivity index (χ0v) is 36.1. The van der Waals surface area contributed by atoms with Crippen molar-refractivity contribution in [2.75, 3.05) is 50.0 Å². The maximum atomic E-state index is 13.9. The molecule has 3 saturated heterocycles. The molecule has 2 aromatic carbocycles. The third-order valence-electron chi connectivity index (χ3n) is 12.6. The van der Waals surface area contributed by atoms with Crippen LogP contribution in [0.5, 0.6) is 0 Å². The van der Waals surface area contributed by atoms with Crippen molar-refractivity contribution in [2.24, 2.45) is 13.0 Å². The highest BCUT2D eigenvalue weighted by Crippen LogP contribution is 2.33. The van der Waals surface area contributed by atoms with Gasteiger partial charge in [-0.2, -0.15) is 4.31 Å². The molecule has 16 nitrogen and oxygen atoms in total. The number of rotatable bonds is 11. The fourth-order valence-corrected chi connectivity index (χ4v) is 11.0. The van der Waals surface area contributed by atoms with Crippen LogP contribution in [0.25, 0.3) is 22.4 Å². The fourth-order valence-electron chi connectivity index (χ4n) is 9.40. The lowest BCUT2D eigenvalue weighted by molar-refractivity contribution is -0.135. The maximum Gasteiger partial charge on any atom is 0.329 e. The number of sulfonamides is 1. The highest BCUT2D eigenvalue weighted by atomic mass is 32.2. The van der Waals surface area contributed by atoms with E-state index < -0.39 is 22.0 Å². The zero-order valence-electron chi connectivity index (χ0n) is 35.3. The van der Waals surface area contributed by atoms with Gasteiger partial charge in [0.1, 0.15) is 11.9 Å². The third-order valence-corrected chi connectivity index (χ3v) is 14.5. The van der Waals surface area contributed by atoms with E-state index in [4.69, 9.17) is 4.98 Å². The number of hydrogen-bond donors (Lipinski definition) is 2. The molecule has 2 amide bonds. The maximum absolute atomic E-state index is 13.9. The Balaban J connectivity index is 0.852. The second-order valence-corrected chi connectivity index (χ2v) is 18.8. The first-order valence-corrected chi connectivity index (χ1v) is 22.4. The van der Waals surface area contributed by atoms with E-state index in [-0.39, 0.29) is 29.0 Å². The predicted molar refractivity (Wildman–Crippen MR) is 231 cm³/mol. The molecule has 0 saturated carbocycles. The molecule has 1 unspecified atom stereocenters. The summed E-state index contributed by atoms with van der Waals surface area (Å²) in [6.07, 6.45) is 7.52. The van der Waals surface area contributed by atoms with Gasteiger partial charge in [0.15, 0.2) is 0 Å². The van der Waals surface area contributed by atoms with Gasteiger partial charge < -0.3 is 19.7 Å². The van der Waals surface area contributed by atoms with E-state index in [1.807, 2.05) is 44.3 Å². The average Bonchev–Trinajstić information content (AvgIpc) is 3.75. The van der Waals surface area contributed by atoms with Gasteiger partial charge in [-0.15, -0.1) is 0 Å². The Bertz CT molecular complexity index is 2600. The van der Waals surface area contributed by atoms with Crippen molar-refractivity contribution < 1.29 is 18.0 Å². The fraction of sp³-hybridized carbons (Fsp3) is 0.488. The molecule has 0 radical (unpaired) electrons. The number of carbonyl (C=O) groups excluding carboxylic acids is 2. The predicted octanol–water partition coefficient (Wildman–Crippen LogP) is 4.91. The van der Waals surface area contributed by atoms with Crippen LogP contribution in [-0.4, -0.2) is 104 Å². The lowest BCUT2D eigenvalue weighted by atomic mass is 9.95. The van der Waals surface area contributed by atoms with Crippen LogP contribution in [0.2, 0.25) is 0 Å². The lowest BCUT2D eigenvalue weighted by Gasteiger charge is -2.40. The lowest BCUT2D eigenvalue weighted by Crippen LogP contribution is -2.46. The van der Waals surface area contributed by atoms with Crippen molar-refractivity contribution >= 4 is 50.2 Å². The molecule has 3 fully saturated rings. The molecule has 8 rings (SSSR count). The molecule has 1 atom stereocenters. The van der Waals surface area contributed by atoms with Gasteiger partial charge >= 0.3 is 5.69 Å². The Kier molecular flexibility index (Phi) is 11.4. The van der Waals surface area contributed by atoms with Crippen LogP contribution in [0.15, 0.2) is 64.5 Å². The number of piperidine rings is 3. The van der Waals surface area contributed by atoms with E-state index in [9.17, 15) is 22.8 Å². The molecule has 3 aliphatic rings. The summed E-state index contributed by atoms with van der Waals surface area (Å²) in [5.41, 5.74) is 5.36. The van der Waals surface area contributed by atoms with Gasteiger partial charge in [0, 0.05) is 70.2 Å². The minimum Gasteiger partial charge on any atom is -0.370 e. The second kappa shape index (κ2) is 16.6. The molecule has 3 aliphatic heterocycles. The number of hydrogen-bond acceptors (Lipinski definition) is 11. The van der Waals surface area contributed by atoms with Crippen LogP contribution in [0.3, 0.4) is 0 Å². The van der Waals surface area contributed by atoms with Crippen LogP contribution in [0.1, 0.15) is 75.8 Å². The first-order valence-electron chi connectivity index (χ1n) is 20.9. The third kappa shape index (κ3) is 7.85. The van der Waals surface area contributed by atoms with Crippen molar-refractivity contribution in [2.45, 2.75) is 89.2 Å². The minimum atomic E-state index is -3.67. The van der Waals surface area contributed by atoms with E-state index in [1.54, 1.807) is 40.3 Å². The number of nitrogens with one attached hydrogen (secondary N) is 2. The van der Waals surface area contributed by atoms with Crippen LogP contribution >= 0.6 is 0 Å². The number of para-hydroxylation sites is 1. The Morgan fingerprint density at radius 1 is 0.950 bits per heavy atom. The first kappa shape index (κ1) is 41.3. The van der Waals surface area contributed by atoms with Gasteiger partial charge in [-0.3, -0.25) is 24.0 Å². The molecular weight excluding hydrogens is 783 g/mol. The van der Waals surface area contributed by atoms with E-state index in [2.05, 4.69) is 55.9 Å². The molecular formula is C43H55N11O5S. The van der Waals surface area contributed by atoms with Crippen LogP contribution in [0, 0.1) is 19.8 Å². The van der Waals surface area contributed by atoms with E-state index >= 15 is 0 Å². The van der Waals surface area contributed by atoms with Crippen molar-refractivity contribution in [3.63, 3.8) is 0 Å². The Morgan fingerprint density at radius 2 is 1.70 bits per heavy atom. The normalized spacial score (nSPS) is 18.9. The molecule has 17 heteroatoms. The van der Waals surface area contributed by atoms with Gasteiger partial charge in [-0.05, 0) is 115 Å². The molecule has 0 aliphatic carbocycles. The molecule has 5 aromatic rings. The standard InChI is InChI=1S/C43H55N11O5S/c1-27(2)53-29(4)45-25-38(53)34-14-19-44-42(47-34)46-33-11-10-32(24-28(33)3)60(58,59)52-22-15-30(16-23-52)26-49(5)31-17-20-51(21-18-31)35-8-7-9-36-40(35)50(6)43(57)54(36)37-12-13-39(55)48-41(37)56/h7-11,14,19,24-25,27,30-31,37H,12-13,15-18,20-23,26H2,1-6H3,(H,44,46,47)(H,48,55,56). The number of anilines is 3. The number of imide groups is 1. The number of carbonyl (C=O) groups is 2. The quantitative estimate of drug-likeness (QED) is 0.173. The molecule has 318 valence electrons. The molecule has 2 N–H and O–H groups in total. The summed E-state index contributed by atoms with van der Waals surface area (Å²) in [6.45, 7) is 11.6. The molecule has 0 spiro atoms. The number of amides is 2. The summed E-state index contributed by atoms with van der Waals surface area (Å²) in [4.78, 5) is 56.7. The van der Waals surface area contributed by atoms with Crippen LogP contribution in [0.4, 0.5) is 17.3 Å². The summed E-state index contributed by atoms with van der Waals surface area (Å²) >= 11 is 0. The Labute approximate surface area is 350 Å². The smallest absolute Gasteiger partial charge is 0.329 e. The van der Waals surface area contributed by atoms with Crippen LogP contribution in [-0.2, 0) is 26.7 Å². The van der Waals surface area contributed by atoms with Crippen molar-refractivity contribution in [1.82, 2.24) is 43.2 Å². The van der Waals surface area contributed by atoms with Gasteiger partial charge in [0.25, 0.3) is 0 Å². The molecule has 3 aromatic heterocycles. The van der Waals surface area contributed by atoms with E-state index in [0.29, 0.717) is 42.9 Å². The second-order valence-electron chi connectivity index (χ2n) is 16.9. The van der Waals surface area contributed by atoms with E-state index in [1.165, 1.54) is 4.57 Å². The summed E-state index contributed by atoms with van der Waals surface area (Å²) in [5.74, 6) is 0.976. The zero-order chi connectivity index (χ0) is 42.5. The SMILES string of the molecule is Cc1cc(S(=O)(=O)N2CCC(CN(C)C3CCN(c4cccc5c4n(C)c(=O)n5C4CCC(=O)NC4=O)CC3)CC2)ccc1Nc1nccc(-c2cnc(C)n2C(C)C)n1. The van der Waals surface area contributed by atoms with Gasteiger partial charge in [-0.25, -0.2) is 28.2 Å². The summed E-state index contributed by atoms with van der Waals surface area (Å²) < 4.78 is 34.6. The molecule has 60 heavy (non-hydrogen) atoms. The summed E-state index contributed by atoms with van der Waals surface area (Å²) in [6, 6.07) is 12.8. The largest absolute Gasteiger partial charge is 0.370 e. The number of fused-ring (bicyclic) bond motifs is 1. The highest BCUT2D eigenvalue weighted by molar-refractivity contribution is 7.89.